The van der Waals surface area contributed by atoms with Gasteiger partial charge < -0.3 is 15.5 Å². The number of hydrogen-bond acceptors (Lipinski definition) is 5. The minimum atomic E-state index is -0.159. The van der Waals surface area contributed by atoms with Crippen LogP contribution in [0.3, 0.4) is 0 Å². The number of aryl methyl sites for hydroxylation is 1. The van der Waals surface area contributed by atoms with Gasteiger partial charge in [-0.3, -0.25) is 4.79 Å². The quantitative estimate of drug-likeness (QED) is 0.648. The summed E-state index contributed by atoms with van der Waals surface area (Å²) in [5, 5.41) is 6.14. The molecule has 1 aromatic carbocycles. The van der Waals surface area contributed by atoms with E-state index < -0.39 is 0 Å². The summed E-state index contributed by atoms with van der Waals surface area (Å²) in [4.78, 5) is 22.4. The van der Waals surface area contributed by atoms with Gasteiger partial charge in [0.25, 0.3) is 5.91 Å². The summed E-state index contributed by atoms with van der Waals surface area (Å²) >= 11 is 0. The number of amides is 1. The minimum absolute atomic E-state index is 0.159. The van der Waals surface area contributed by atoms with Gasteiger partial charge in [-0.15, -0.1) is 0 Å². The lowest BCUT2D eigenvalue weighted by atomic mass is 10.1. The maximum Gasteiger partial charge on any atom is 0.270 e. The van der Waals surface area contributed by atoms with E-state index in [1.165, 1.54) is 11.9 Å². The highest BCUT2D eigenvalue weighted by Crippen LogP contribution is 2.06. The van der Waals surface area contributed by atoms with Crippen molar-refractivity contribution in [1.29, 1.82) is 0 Å². The Balaban J connectivity index is 1.73. The first-order valence-electron chi connectivity index (χ1n) is 8.68. The molecule has 134 valence electrons. The van der Waals surface area contributed by atoms with Gasteiger partial charge in [-0.1, -0.05) is 30.3 Å². The van der Waals surface area contributed by atoms with Crippen LogP contribution in [0.4, 0.5) is 5.82 Å². The van der Waals surface area contributed by atoms with Crippen LogP contribution in [0.25, 0.3) is 0 Å². The van der Waals surface area contributed by atoms with Gasteiger partial charge in [0.1, 0.15) is 17.8 Å². The Bertz CT molecular complexity index is 645. The van der Waals surface area contributed by atoms with Crippen molar-refractivity contribution in [3.05, 3.63) is 54.0 Å². The van der Waals surface area contributed by atoms with E-state index in [1.807, 2.05) is 20.2 Å². The standard InChI is InChI=1S/C19H27N5O/c1-24(2)13-7-12-21-19(25)17-14-18(23-15-22-17)20-11-6-10-16-8-4-3-5-9-16/h3-5,8-9,14-15H,6-7,10-13H2,1-2H3,(H,21,25)(H,20,22,23). The Kier molecular flexibility index (Phi) is 7.85. The number of carbonyl (C=O) groups excluding carboxylic acids is 1. The Morgan fingerprint density at radius 1 is 1.08 bits per heavy atom. The van der Waals surface area contributed by atoms with E-state index in [9.17, 15) is 4.79 Å². The van der Waals surface area contributed by atoms with Gasteiger partial charge in [-0.25, -0.2) is 9.97 Å². The Labute approximate surface area is 149 Å². The maximum absolute atomic E-state index is 12.1. The molecule has 1 heterocycles. The molecule has 0 unspecified atom stereocenters. The first kappa shape index (κ1) is 18.9. The first-order chi connectivity index (χ1) is 12.1. The van der Waals surface area contributed by atoms with Crippen molar-refractivity contribution in [2.24, 2.45) is 0 Å². The number of anilines is 1. The lowest BCUT2D eigenvalue weighted by molar-refractivity contribution is 0.0947. The Morgan fingerprint density at radius 3 is 2.64 bits per heavy atom. The lowest BCUT2D eigenvalue weighted by Gasteiger charge is -2.10. The second-order valence-electron chi connectivity index (χ2n) is 6.22. The largest absolute Gasteiger partial charge is 0.370 e. The summed E-state index contributed by atoms with van der Waals surface area (Å²) in [5.74, 6) is 0.523. The highest BCUT2D eigenvalue weighted by Gasteiger charge is 2.08. The fourth-order valence-electron chi connectivity index (χ4n) is 2.42. The smallest absolute Gasteiger partial charge is 0.270 e. The van der Waals surface area contributed by atoms with Gasteiger partial charge in [-0.05, 0) is 45.5 Å². The second-order valence-corrected chi connectivity index (χ2v) is 6.22. The van der Waals surface area contributed by atoms with Crippen molar-refractivity contribution in [2.45, 2.75) is 19.3 Å². The summed E-state index contributed by atoms with van der Waals surface area (Å²) < 4.78 is 0. The average molecular weight is 341 g/mol. The molecule has 25 heavy (non-hydrogen) atoms. The van der Waals surface area contributed by atoms with Crippen LogP contribution in [0.1, 0.15) is 28.9 Å². The molecule has 1 aromatic heterocycles. The van der Waals surface area contributed by atoms with Crippen LogP contribution >= 0.6 is 0 Å². The first-order valence-corrected chi connectivity index (χ1v) is 8.68. The fraction of sp³-hybridized carbons (Fsp3) is 0.421. The van der Waals surface area contributed by atoms with Crippen LogP contribution in [0.2, 0.25) is 0 Å². The van der Waals surface area contributed by atoms with Crippen LogP contribution in [0, 0.1) is 0 Å². The third kappa shape index (κ3) is 7.30. The van der Waals surface area contributed by atoms with Gasteiger partial charge in [0.15, 0.2) is 0 Å². The molecule has 0 aliphatic heterocycles. The third-order valence-corrected chi connectivity index (χ3v) is 3.76. The molecule has 1 amide bonds. The highest BCUT2D eigenvalue weighted by atomic mass is 16.1. The lowest BCUT2D eigenvalue weighted by Crippen LogP contribution is -2.28. The number of carbonyl (C=O) groups is 1. The molecule has 2 N–H and O–H groups in total. The molecule has 6 heteroatoms. The minimum Gasteiger partial charge on any atom is -0.370 e. The molecule has 0 aliphatic carbocycles. The maximum atomic E-state index is 12.1. The normalized spacial score (nSPS) is 10.7. The molecule has 0 radical (unpaired) electrons. The molecule has 0 saturated carbocycles. The predicted octanol–water partition coefficient (Wildman–Crippen LogP) is 2.20. The molecule has 0 atom stereocenters. The van der Waals surface area contributed by atoms with E-state index in [4.69, 9.17) is 0 Å². The van der Waals surface area contributed by atoms with Crippen molar-refractivity contribution in [2.75, 3.05) is 39.0 Å². The molecule has 6 nitrogen and oxygen atoms in total. The summed E-state index contributed by atoms with van der Waals surface area (Å²) in [5.41, 5.74) is 1.72. The monoisotopic (exact) mass is 341 g/mol. The van der Waals surface area contributed by atoms with Crippen LogP contribution in [-0.4, -0.2) is 54.5 Å². The Hall–Kier alpha value is -2.47. The van der Waals surface area contributed by atoms with Crippen LogP contribution in [0.5, 0.6) is 0 Å². The zero-order valence-electron chi connectivity index (χ0n) is 15.0. The molecular weight excluding hydrogens is 314 g/mol. The van der Waals surface area contributed by atoms with E-state index in [-0.39, 0.29) is 5.91 Å². The number of rotatable bonds is 10. The number of aromatic nitrogens is 2. The molecule has 0 saturated heterocycles. The van der Waals surface area contributed by atoms with Crippen LogP contribution in [-0.2, 0) is 6.42 Å². The second kappa shape index (κ2) is 10.4. The summed E-state index contributed by atoms with van der Waals surface area (Å²) in [6.07, 6.45) is 4.35. The molecule has 2 rings (SSSR count). The highest BCUT2D eigenvalue weighted by molar-refractivity contribution is 5.92. The molecular formula is C19H27N5O. The molecule has 0 spiro atoms. The van der Waals surface area contributed by atoms with E-state index >= 15 is 0 Å². The van der Waals surface area contributed by atoms with Crippen molar-refractivity contribution in [1.82, 2.24) is 20.2 Å². The molecule has 2 aromatic rings. The van der Waals surface area contributed by atoms with Crippen molar-refractivity contribution >= 4 is 11.7 Å². The van der Waals surface area contributed by atoms with Crippen molar-refractivity contribution in [3.8, 4) is 0 Å². The van der Waals surface area contributed by atoms with Gasteiger partial charge in [0.2, 0.25) is 0 Å². The zero-order valence-corrected chi connectivity index (χ0v) is 15.0. The summed E-state index contributed by atoms with van der Waals surface area (Å²) in [7, 11) is 4.03. The van der Waals surface area contributed by atoms with Crippen LogP contribution in [0.15, 0.2) is 42.7 Å². The zero-order chi connectivity index (χ0) is 17.9. The van der Waals surface area contributed by atoms with E-state index in [2.05, 4.69) is 49.8 Å². The van der Waals surface area contributed by atoms with Crippen molar-refractivity contribution < 1.29 is 4.79 Å². The summed E-state index contributed by atoms with van der Waals surface area (Å²) in [6, 6.07) is 12.1. The van der Waals surface area contributed by atoms with Gasteiger partial charge in [0, 0.05) is 19.2 Å². The molecule has 0 fully saturated rings. The molecule has 0 bridgehead atoms. The molecule has 0 aliphatic rings. The third-order valence-electron chi connectivity index (χ3n) is 3.76. The van der Waals surface area contributed by atoms with Gasteiger partial charge in [0.05, 0.1) is 0 Å². The van der Waals surface area contributed by atoms with E-state index in [0.717, 1.165) is 32.4 Å². The van der Waals surface area contributed by atoms with Crippen LogP contribution < -0.4 is 10.6 Å². The SMILES string of the molecule is CN(C)CCCNC(=O)c1cc(NCCCc2ccccc2)ncn1. The van der Waals surface area contributed by atoms with Crippen molar-refractivity contribution in [3.63, 3.8) is 0 Å². The summed E-state index contributed by atoms with van der Waals surface area (Å²) in [6.45, 7) is 2.38. The van der Waals surface area contributed by atoms with Gasteiger partial charge in [-0.2, -0.15) is 0 Å². The van der Waals surface area contributed by atoms with Gasteiger partial charge >= 0.3 is 0 Å². The topological polar surface area (TPSA) is 70.2 Å². The number of benzene rings is 1. The number of nitrogens with one attached hydrogen (secondary N) is 2. The van der Waals surface area contributed by atoms with E-state index in [1.54, 1.807) is 6.07 Å². The predicted molar refractivity (Wildman–Crippen MR) is 101 cm³/mol. The fourth-order valence-corrected chi connectivity index (χ4v) is 2.42. The number of hydrogen-bond donors (Lipinski definition) is 2. The Morgan fingerprint density at radius 2 is 1.88 bits per heavy atom. The average Bonchev–Trinajstić information content (AvgIpc) is 2.63. The van der Waals surface area contributed by atoms with E-state index in [0.29, 0.717) is 18.1 Å². The number of nitrogens with zero attached hydrogens (tertiary/aromatic N) is 3.